The van der Waals surface area contributed by atoms with Crippen LogP contribution in [0.2, 0.25) is 0 Å². The van der Waals surface area contributed by atoms with E-state index < -0.39 is 0 Å². The van der Waals surface area contributed by atoms with Gasteiger partial charge in [-0.25, -0.2) is 0 Å². The van der Waals surface area contributed by atoms with Gasteiger partial charge in [0.15, 0.2) is 11.5 Å². The molecule has 4 nitrogen and oxygen atoms in total. The van der Waals surface area contributed by atoms with Crippen LogP contribution in [0.5, 0.6) is 11.5 Å². The summed E-state index contributed by atoms with van der Waals surface area (Å²) in [5.74, 6) is 0.208. The number of allylic oxidation sites excluding steroid dienone is 1. The van der Waals surface area contributed by atoms with Crippen LogP contribution in [0.4, 0.5) is 5.69 Å². The highest BCUT2D eigenvalue weighted by atomic mass is 16.5. The Kier molecular flexibility index (Phi) is 6.40. The first-order valence-electron chi connectivity index (χ1n) is 8.19. The van der Waals surface area contributed by atoms with Crippen LogP contribution in [0.1, 0.15) is 30.5 Å². The van der Waals surface area contributed by atoms with Gasteiger partial charge in [-0.15, -0.1) is 0 Å². The van der Waals surface area contributed by atoms with Crippen molar-refractivity contribution in [3.8, 4) is 11.5 Å². The van der Waals surface area contributed by atoms with Crippen LogP contribution in [0.25, 0.3) is 12.2 Å². The number of phenols is 1. The molecule has 2 aromatic carbocycles. The molecular weight excluding hydrogens is 314 g/mol. The standard InChI is InChI=1S/C21H23NO3/c1-4-7-17-16(5-2)8-6-9-18(17)22-21(24)13-11-15-10-12-20(25-3)19(23)14-15/h4,6-14,23H,5H2,1-3H3,(H,22,24). The van der Waals surface area contributed by atoms with E-state index in [9.17, 15) is 9.90 Å². The maximum atomic E-state index is 12.2. The first-order chi connectivity index (χ1) is 12.1. The average molecular weight is 337 g/mol. The smallest absolute Gasteiger partial charge is 0.248 e. The zero-order valence-corrected chi connectivity index (χ0v) is 14.7. The molecule has 0 aliphatic rings. The minimum atomic E-state index is -0.227. The van der Waals surface area contributed by atoms with Crippen molar-refractivity contribution in [1.82, 2.24) is 0 Å². The second kappa shape index (κ2) is 8.73. The van der Waals surface area contributed by atoms with Crippen LogP contribution in [-0.2, 0) is 11.2 Å². The van der Waals surface area contributed by atoms with Crippen molar-refractivity contribution >= 4 is 23.7 Å². The number of aryl methyl sites for hydroxylation is 1. The molecule has 0 aromatic heterocycles. The molecule has 0 heterocycles. The summed E-state index contributed by atoms with van der Waals surface area (Å²) in [6.45, 7) is 4.04. The SMILES string of the molecule is CC=Cc1c(CC)cccc1NC(=O)C=Cc1ccc(OC)c(O)c1. The molecule has 0 bridgehead atoms. The van der Waals surface area contributed by atoms with Crippen LogP contribution in [-0.4, -0.2) is 18.1 Å². The van der Waals surface area contributed by atoms with E-state index in [0.717, 1.165) is 17.7 Å². The second-order valence-corrected chi connectivity index (χ2v) is 5.49. The van der Waals surface area contributed by atoms with Crippen molar-refractivity contribution in [2.75, 3.05) is 12.4 Å². The molecule has 130 valence electrons. The first kappa shape index (κ1) is 18.3. The van der Waals surface area contributed by atoms with Gasteiger partial charge in [0.25, 0.3) is 0 Å². The van der Waals surface area contributed by atoms with E-state index in [1.54, 1.807) is 24.3 Å². The van der Waals surface area contributed by atoms with Gasteiger partial charge in [-0.2, -0.15) is 0 Å². The fourth-order valence-electron chi connectivity index (χ4n) is 2.55. The molecule has 1 amide bonds. The first-order valence-corrected chi connectivity index (χ1v) is 8.19. The summed E-state index contributed by atoms with van der Waals surface area (Å²) in [5.41, 5.74) is 3.70. The topological polar surface area (TPSA) is 58.6 Å². The molecule has 0 radical (unpaired) electrons. The largest absolute Gasteiger partial charge is 0.504 e. The molecule has 2 N–H and O–H groups in total. The number of methoxy groups -OCH3 is 1. The normalized spacial score (nSPS) is 11.2. The lowest BCUT2D eigenvalue weighted by atomic mass is 10.0. The Bertz CT molecular complexity index is 807. The van der Waals surface area contributed by atoms with E-state index in [2.05, 4.69) is 18.3 Å². The van der Waals surface area contributed by atoms with Crippen molar-refractivity contribution in [3.05, 3.63) is 65.2 Å². The number of carbonyl (C=O) groups is 1. The lowest BCUT2D eigenvalue weighted by Gasteiger charge is -2.11. The van der Waals surface area contributed by atoms with Crippen LogP contribution in [0.15, 0.2) is 48.6 Å². The van der Waals surface area contributed by atoms with E-state index in [4.69, 9.17) is 4.74 Å². The van der Waals surface area contributed by atoms with Gasteiger partial charge >= 0.3 is 0 Å². The predicted octanol–water partition coefficient (Wildman–Crippen LogP) is 4.65. The van der Waals surface area contributed by atoms with E-state index in [0.29, 0.717) is 11.3 Å². The van der Waals surface area contributed by atoms with Crippen LogP contribution in [0, 0.1) is 0 Å². The second-order valence-electron chi connectivity index (χ2n) is 5.49. The number of benzene rings is 2. The third kappa shape index (κ3) is 4.73. The minimum Gasteiger partial charge on any atom is -0.504 e. The van der Waals surface area contributed by atoms with E-state index in [-0.39, 0.29) is 11.7 Å². The average Bonchev–Trinajstić information content (AvgIpc) is 2.61. The van der Waals surface area contributed by atoms with Gasteiger partial charge in [-0.1, -0.05) is 37.3 Å². The molecule has 0 aliphatic heterocycles. The highest BCUT2D eigenvalue weighted by molar-refractivity contribution is 6.03. The van der Waals surface area contributed by atoms with E-state index in [1.807, 2.05) is 31.2 Å². The summed E-state index contributed by atoms with van der Waals surface area (Å²) >= 11 is 0. The molecule has 0 saturated carbocycles. The highest BCUT2D eigenvalue weighted by Gasteiger charge is 2.07. The maximum Gasteiger partial charge on any atom is 0.248 e. The number of anilines is 1. The van der Waals surface area contributed by atoms with Gasteiger partial charge in [-0.3, -0.25) is 4.79 Å². The maximum absolute atomic E-state index is 12.2. The zero-order chi connectivity index (χ0) is 18.2. The summed E-state index contributed by atoms with van der Waals surface area (Å²) < 4.78 is 5.00. The number of carbonyl (C=O) groups excluding carboxylic acids is 1. The lowest BCUT2D eigenvalue weighted by molar-refractivity contribution is -0.111. The molecule has 4 heteroatoms. The predicted molar refractivity (Wildman–Crippen MR) is 103 cm³/mol. The van der Waals surface area contributed by atoms with Crippen LogP contribution in [0.3, 0.4) is 0 Å². The Hall–Kier alpha value is -3.01. The van der Waals surface area contributed by atoms with E-state index in [1.165, 1.54) is 18.7 Å². The van der Waals surface area contributed by atoms with Gasteiger partial charge in [0.2, 0.25) is 5.91 Å². The summed E-state index contributed by atoms with van der Waals surface area (Å²) in [6, 6.07) is 10.9. The van der Waals surface area contributed by atoms with Crippen LogP contribution >= 0.6 is 0 Å². The monoisotopic (exact) mass is 337 g/mol. The molecule has 0 atom stereocenters. The molecule has 25 heavy (non-hydrogen) atoms. The lowest BCUT2D eigenvalue weighted by Crippen LogP contribution is -2.09. The number of phenolic OH excluding ortho intramolecular Hbond substituents is 1. The van der Waals surface area contributed by atoms with Gasteiger partial charge in [-0.05, 0) is 48.7 Å². The van der Waals surface area contributed by atoms with Gasteiger partial charge in [0.1, 0.15) is 0 Å². The number of hydrogen-bond acceptors (Lipinski definition) is 3. The highest BCUT2D eigenvalue weighted by Crippen LogP contribution is 2.27. The summed E-state index contributed by atoms with van der Waals surface area (Å²) in [6.07, 6.45) is 7.94. The molecule has 0 spiro atoms. The Morgan fingerprint density at radius 2 is 2.04 bits per heavy atom. The van der Waals surface area contributed by atoms with Gasteiger partial charge < -0.3 is 15.2 Å². The third-order valence-corrected chi connectivity index (χ3v) is 3.80. The number of nitrogens with one attached hydrogen (secondary N) is 1. The summed E-state index contributed by atoms with van der Waals surface area (Å²) in [5, 5.41) is 12.7. The molecule has 2 rings (SSSR count). The van der Waals surface area contributed by atoms with E-state index >= 15 is 0 Å². The molecule has 0 saturated heterocycles. The van der Waals surface area contributed by atoms with Crippen molar-refractivity contribution in [2.45, 2.75) is 20.3 Å². The molecule has 2 aromatic rings. The Morgan fingerprint density at radius 1 is 1.24 bits per heavy atom. The summed E-state index contributed by atoms with van der Waals surface area (Å²) in [4.78, 5) is 12.2. The minimum absolute atomic E-state index is 0.0380. The van der Waals surface area contributed by atoms with Gasteiger partial charge in [0.05, 0.1) is 7.11 Å². The number of amides is 1. The fraction of sp³-hybridized carbons (Fsp3) is 0.190. The number of aromatic hydroxyl groups is 1. The Balaban J connectivity index is 2.16. The molecular formula is C21H23NO3. The number of rotatable bonds is 6. The molecule has 0 fully saturated rings. The summed E-state index contributed by atoms with van der Waals surface area (Å²) in [7, 11) is 1.49. The van der Waals surface area contributed by atoms with Gasteiger partial charge in [0, 0.05) is 17.3 Å². The molecule has 0 aliphatic carbocycles. The number of ether oxygens (including phenoxy) is 1. The Labute approximate surface area is 148 Å². The number of hydrogen-bond donors (Lipinski definition) is 2. The fourth-order valence-corrected chi connectivity index (χ4v) is 2.55. The third-order valence-electron chi connectivity index (χ3n) is 3.80. The Morgan fingerprint density at radius 3 is 2.68 bits per heavy atom. The molecule has 0 unspecified atom stereocenters. The van der Waals surface area contributed by atoms with Crippen molar-refractivity contribution in [1.29, 1.82) is 0 Å². The van der Waals surface area contributed by atoms with Crippen LogP contribution < -0.4 is 10.1 Å². The quantitative estimate of drug-likeness (QED) is 0.755. The van der Waals surface area contributed by atoms with Crippen molar-refractivity contribution in [3.63, 3.8) is 0 Å². The van der Waals surface area contributed by atoms with Crippen molar-refractivity contribution < 1.29 is 14.6 Å². The zero-order valence-electron chi connectivity index (χ0n) is 14.7. The van der Waals surface area contributed by atoms with Crippen molar-refractivity contribution in [2.24, 2.45) is 0 Å².